The third-order valence-corrected chi connectivity index (χ3v) is 4.34. The number of nitrogen functional groups attached to an aromatic ring is 1. The van der Waals surface area contributed by atoms with Crippen LogP contribution in [0.3, 0.4) is 0 Å². The standard InChI is InChI=1S/C16H24BNO4/c1-15(2)16(3,4)22-17(21-15)12(10-19)8-11-6-7-14(20-5)13(18)9-11/h6-9,19H,10,18H2,1-5H3. The van der Waals surface area contributed by atoms with Crippen LogP contribution in [0.1, 0.15) is 33.3 Å². The van der Waals surface area contributed by atoms with Crippen LogP contribution in [-0.4, -0.2) is 37.1 Å². The predicted octanol–water partition coefficient (Wildman–Crippen LogP) is 2.28. The molecular formula is C16H24BNO4. The molecule has 5 nitrogen and oxygen atoms in total. The van der Waals surface area contributed by atoms with Crippen molar-refractivity contribution >= 4 is 18.9 Å². The highest BCUT2D eigenvalue weighted by atomic mass is 16.7. The Bertz CT molecular complexity index is 568. The van der Waals surface area contributed by atoms with E-state index in [2.05, 4.69) is 0 Å². The first-order chi connectivity index (χ1) is 10.2. The van der Waals surface area contributed by atoms with Gasteiger partial charge in [0, 0.05) is 0 Å². The third kappa shape index (κ3) is 3.14. The van der Waals surface area contributed by atoms with Gasteiger partial charge in [-0.25, -0.2) is 0 Å². The van der Waals surface area contributed by atoms with E-state index in [1.54, 1.807) is 19.2 Å². The highest BCUT2D eigenvalue weighted by molar-refractivity contribution is 6.55. The molecule has 1 aliphatic rings. The number of rotatable bonds is 4. The van der Waals surface area contributed by atoms with Gasteiger partial charge >= 0.3 is 7.12 Å². The van der Waals surface area contributed by atoms with Gasteiger partial charge in [0.05, 0.1) is 30.6 Å². The smallest absolute Gasteiger partial charge is 0.492 e. The summed E-state index contributed by atoms with van der Waals surface area (Å²) in [6, 6.07) is 5.45. The van der Waals surface area contributed by atoms with E-state index in [1.165, 1.54) is 0 Å². The molecule has 0 amide bonds. The molecule has 2 rings (SSSR count). The van der Waals surface area contributed by atoms with E-state index in [4.69, 9.17) is 19.8 Å². The van der Waals surface area contributed by atoms with Gasteiger partial charge < -0.3 is 24.9 Å². The van der Waals surface area contributed by atoms with Gasteiger partial charge in [-0.05, 0) is 50.9 Å². The largest absolute Gasteiger partial charge is 0.495 e. The van der Waals surface area contributed by atoms with Gasteiger partial charge in [0.1, 0.15) is 5.75 Å². The third-order valence-electron chi connectivity index (χ3n) is 4.34. The quantitative estimate of drug-likeness (QED) is 0.659. The van der Waals surface area contributed by atoms with Crippen molar-refractivity contribution in [2.24, 2.45) is 0 Å². The van der Waals surface area contributed by atoms with E-state index in [0.29, 0.717) is 16.9 Å². The highest BCUT2D eigenvalue weighted by Crippen LogP contribution is 2.38. The van der Waals surface area contributed by atoms with Crippen molar-refractivity contribution in [1.82, 2.24) is 0 Å². The monoisotopic (exact) mass is 305 g/mol. The van der Waals surface area contributed by atoms with Crippen LogP contribution in [0.25, 0.3) is 6.08 Å². The molecule has 1 fully saturated rings. The number of aliphatic hydroxyl groups excluding tert-OH is 1. The fraction of sp³-hybridized carbons (Fsp3) is 0.500. The summed E-state index contributed by atoms with van der Waals surface area (Å²) >= 11 is 0. The van der Waals surface area contributed by atoms with Gasteiger partial charge in [-0.15, -0.1) is 0 Å². The van der Waals surface area contributed by atoms with E-state index in [0.717, 1.165) is 5.56 Å². The maximum absolute atomic E-state index is 9.67. The summed E-state index contributed by atoms with van der Waals surface area (Å²) < 4.78 is 17.1. The molecule has 1 aliphatic heterocycles. The average molecular weight is 305 g/mol. The van der Waals surface area contributed by atoms with Gasteiger partial charge in [0.15, 0.2) is 0 Å². The fourth-order valence-corrected chi connectivity index (χ4v) is 2.24. The van der Waals surface area contributed by atoms with Crippen LogP contribution in [0.2, 0.25) is 0 Å². The van der Waals surface area contributed by atoms with Gasteiger partial charge in [0.2, 0.25) is 0 Å². The Labute approximate surface area is 132 Å². The van der Waals surface area contributed by atoms with Crippen molar-refractivity contribution in [2.45, 2.75) is 38.9 Å². The molecule has 22 heavy (non-hydrogen) atoms. The molecule has 0 aliphatic carbocycles. The lowest BCUT2D eigenvalue weighted by atomic mass is 9.77. The second-order valence-electron chi connectivity index (χ2n) is 6.47. The number of benzene rings is 1. The minimum absolute atomic E-state index is 0.150. The molecule has 0 radical (unpaired) electrons. The minimum Gasteiger partial charge on any atom is -0.495 e. The molecule has 1 heterocycles. The van der Waals surface area contributed by atoms with Gasteiger partial charge in [-0.2, -0.15) is 0 Å². The molecule has 120 valence electrons. The number of methoxy groups -OCH3 is 1. The Morgan fingerprint density at radius 3 is 2.32 bits per heavy atom. The highest BCUT2D eigenvalue weighted by Gasteiger charge is 2.52. The van der Waals surface area contributed by atoms with Crippen LogP contribution in [-0.2, 0) is 9.31 Å². The van der Waals surface area contributed by atoms with Gasteiger partial charge in [-0.1, -0.05) is 12.1 Å². The van der Waals surface area contributed by atoms with Crippen molar-refractivity contribution < 1.29 is 19.2 Å². The lowest BCUT2D eigenvalue weighted by Crippen LogP contribution is -2.41. The van der Waals surface area contributed by atoms with Crippen molar-refractivity contribution in [2.75, 3.05) is 19.5 Å². The maximum Gasteiger partial charge on any atom is 0.492 e. The van der Waals surface area contributed by atoms with Crippen molar-refractivity contribution in [1.29, 1.82) is 0 Å². The zero-order valence-electron chi connectivity index (χ0n) is 13.8. The second kappa shape index (κ2) is 5.95. The summed E-state index contributed by atoms with van der Waals surface area (Å²) in [7, 11) is 1.00. The van der Waals surface area contributed by atoms with Crippen molar-refractivity contribution in [3.8, 4) is 5.75 Å². The van der Waals surface area contributed by atoms with E-state index in [1.807, 2.05) is 39.8 Å². The van der Waals surface area contributed by atoms with E-state index < -0.39 is 18.3 Å². The van der Waals surface area contributed by atoms with Crippen LogP contribution in [0.5, 0.6) is 5.75 Å². The van der Waals surface area contributed by atoms with Crippen LogP contribution in [0, 0.1) is 0 Å². The zero-order chi connectivity index (χ0) is 16.5. The van der Waals surface area contributed by atoms with Crippen molar-refractivity contribution in [3.05, 3.63) is 29.2 Å². The molecule has 0 spiro atoms. The second-order valence-corrected chi connectivity index (χ2v) is 6.47. The summed E-state index contributed by atoms with van der Waals surface area (Å²) in [5.74, 6) is 0.623. The Kier molecular flexibility index (Phi) is 4.56. The first kappa shape index (κ1) is 16.9. The van der Waals surface area contributed by atoms with E-state index in [-0.39, 0.29) is 6.61 Å². The predicted molar refractivity (Wildman–Crippen MR) is 88.6 cm³/mol. The van der Waals surface area contributed by atoms with Crippen LogP contribution >= 0.6 is 0 Å². The molecule has 1 aromatic rings. The Morgan fingerprint density at radius 1 is 1.27 bits per heavy atom. The summed E-state index contributed by atoms with van der Waals surface area (Å²) in [6.45, 7) is 7.77. The molecule has 6 heteroatoms. The Balaban J connectivity index is 2.27. The molecule has 0 atom stereocenters. The van der Waals surface area contributed by atoms with Crippen molar-refractivity contribution in [3.63, 3.8) is 0 Å². The number of hydrogen-bond donors (Lipinski definition) is 2. The van der Waals surface area contributed by atoms with Crippen LogP contribution in [0.15, 0.2) is 23.7 Å². The Morgan fingerprint density at radius 2 is 1.86 bits per heavy atom. The topological polar surface area (TPSA) is 73.9 Å². The lowest BCUT2D eigenvalue weighted by molar-refractivity contribution is 0.00578. The molecular weight excluding hydrogens is 281 g/mol. The fourth-order valence-electron chi connectivity index (χ4n) is 2.24. The van der Waals surface area contributed by atoms with E-state index >= 15 is 0 Å². The van der Waals surface area contributed by atoms with E-state index in [9.17, 15) is 5.11 Å². The average Bonchev–Trinajstić information content (AvgIpc) is 2.65. The van der Waals surface area contributed by atoms with Crippen LogP contribution < -0.4 is 10.5 Å². The summed E-state index contributed by atoms with van der Waals surface area (Å²) in [5.41, 5.74) is 7.09. The summed E-state index contributed by atoms with van der Waals surface area (Å²) in [6.07, 6.45) is 1.83. The number of nitrogens with two attached hydrogens (primary N) is 1. The molecule has 3 N–H and O–H groups in total. The molecule has 1 saturated heterocycles. The van der Waals surface area contributed by atoms with Crippen LogP contribution in [0.4, 0.5) is 5.69 Å². The minimum atomic E-state index is -0.571. The molecule has 1 aromatic carbocycles. The first-order valence-corrected chi connectivity index (χ1v) is 7.30. The number of hydrogen-bond acceptors (Lipinski definition) is 5. The lowest BCUT2D eigenvalue weighted by Gasteiger charge is -2.32. The number of anilines is 1. The van der Waals surface area contributed by atoms with Gasteiger partial charge in [0.25, 0.3) is 0 Å². The maximum atomic E-state index is 9.67. The normalized spacial score (nSPS) is 20.3. The number of aliphatic hydroxyl groups is 1. The first-order valence-electron chi connectivity index (χ1n) is 7.30. The molecule has 0 aromatic heterocycles. The molecule has 0 saturated carbocycles. The van der Waals surface area contributed by atoms with Gasteiger partial charge in [-0.3, -0.25) is 0 Å². The Hall–Kier alpha value is -1.50. The summed E-state index contributed by atoms with van der Waals surface area (Å²) in [4.78, 5) is 0. The molecule has 0 bridgehead atoms. The molecule has 0 unspecified atom stereocenters. The SMILES string of the molecule is COc1ccc(C=C(CO)B2OC(C)(C)C(C)(C)O2)cc1N. The zero-order valence-corrected chi connectivity index (χ0v) is 13.8. The number of ether oxygens (including phenoxy) is 1. The summed E-state index contributed by atoms with van der Waals surface area (Å²) in [5, 5.41) is 9.67.